The molecule has 0 aromatic rings. The van der Waals surface area contributed by atoms with Gasteiger partial charge in [0, 0.05) is 19.6 Å². The Labute approximate surface area is 110 Å². The van der Waals surface area contributed by atoms with Crippen molar-refractivity contribution in [3.63, 3.8) is 0 Å². The van der Waals surface area contributed by atoms with E-state index >= 15 is 0 Å². The molecule has 2 bridgehead atoms. The first-order valence-electron chi connectivity index (χ1n) is 7.17. The maximum Gasteiger partial charge on any atom is 0.317 e. The second kappa shape index (κ2) is 5.47. The average Bonchev–Trinajstić information content (AvgIpc) is 2.89. The molecule has 2 N–H and O–H groups in total. The number of hydrogen-bond donors (Lipinski definition) is 2. The Bertz CT molecular complexity index is 306. The van der Waals surface area contributed by atoms with Crippen LogP contribution in [0.25, 0.3) is 0 Å². The smallest absolute Gasteiger partial charge is 0.317 e. The highest BCUT2D eigenvalue weighted by atomic mass is 16.3. The number of aliphatic hydroxyl groups excluding tert-OH is 1. The molecule has 104 valence electrons. The van der Waals surface area contributed by atoms with E-state index in [1.807, 2.05) is 0 Å². The molecular weight excluding hydrogens is 228 g/mol. The van der Waals surface area contributed by atoms with Crippen molar-refractivity contribution in [2.24, 2.45) is 17.8 Å². The molecule has 0 aromatic carbocycles. The number of nitrogens with one attached hydrogen (secondary N) is 1. The van der Waals surface area contributed by atoms with Gasteiger partial charge in [0.25, 0.3) is 0 Å². The molecule has 0 spiro atoms. The molecule has 4 nitrogen and oxygen atoms in total. The lowest BCUT2D eigenvalue weighted by molar-refractivity contribution is 0.139. The Hall–Kier alpha value is -0.770. The van der Waals surface area contributed by atoms with Crippen LogP contribution < -0.4 is 5.32 Å². The van der Waals surface area contributed by atoms with E-state index in [4.69, 9.17) is 0 Å². The van der Waals surface area contributed by atoms with Crippen LogP contribution in [0.15, 0.2) is 0 Å². The average molecular weight is 254 g/mol. The van der Waals surface area contributed by atoms with Gasteiger partial charge in [-0.25, -0.2) is 4.79 Å². The fourth-order valence-electron chi connectivity index (χ4n) is 3.80. The molecule has 0 saturated heterocycles. The van der Waals surface area contributed by atoms with Crippen molar-refractivity contribution in [1.29, 1.82) is 0 Å². The van der Waals surface area contributed by atoms with Gasteiger partial charge in [0.15, 0.2) is 0 Å². The third-order valence-electron chi connectivity index (χ3n) is 4.67. The van der Waals surface area contributed by atoms with Gasteiger partial charge in [-0.1, -0.05) is 6.42 Å². The van der Waals surface area contributed by atoms with E-state index in [1.165, 1.54) is 25.7 Å². The van der Waals surface area contributed by atoms with Gasteiger partial charge in [-0.3, -0.25) is 0 Å². The molecule has 2 aliphatic carbocycles. The van der Waals surface area contributed by atoms with Crippen molar-refractivity contribution in [2.45, 2.75) is 51.7 Å². The summed E-state index contributed by atoms with van der Waals surface area (Å²) in [4.78, 5) is 13.5. The van der Waals surface area contributed by atoms with E-state index < -0.39 is 6.10 Å². The molecule has 2 saturated carbocycles. The molecule has 4 heteroatoms. The van der Waals surface area contributed by atoms with Crippen molar-refractivity contribution in [1.82, 2.24) is 10.2 Å². The summed E-state index contributed by atoms with van der Waals surface area (Å²) in [7, 11) is 1.73. The minimum atomic E-state index is -0.474. The van der Waals surface area contributed by atoms with Crippen molar-refractivity contribution in [2.75, 3.05) is 13.6 Å². The van der Waals surface area contributed by atoms with Gasteiger partial charge < -0.3 is 15.3 Å². The van der Waals surface area contributed by atoms with Crippen LogP contribution in [0.3, 0.4) is 0 Å². The number of hydrogen-bond acceptors (Lipinski definition) is 2. The zero-order valence-corrected chi connectivity index (χ0v) is 11.7. The van der Waals surface area contributed by atoms with Gasteiger partial charge in [0.1, 0.15) is 0 Å². The Morgan fingerprint density at radius 3 is 2.61 bits per heavy atom. The van der Waals surface area contributed by atoms with Crippen molar-refractivity contribution in [3.05, 3.63) is 0 Å². The molecule has 2 rings (SSSR count). The van der Waals surface area contributed by atoms with Gasteiger partial charge >= 0.3 is 6.03 Å². The molecule has 2 aliphatic rings. The quantitative estimate of drug-likeness (QED) is 0.804. The Kier molecular flexibility index (Phi) is 4.15. The summed E-state index contributed by atoms with van der Waals surface area (Å²) < 4.78 is 0. The number of urea groups is 1. The molecule has 5 unspecified atom stereocenters. The lowest BCUT2D eigenvalue weighted by Crippen LogP contribution is -2.47. The first-order chi connectivity index (χ1) is 8.47. The second-order valence-electron chi connectivity index (χ2n) is 6.31. The highest BCUT2D eigenvalue weighted by Crippen LogP contribution is 2.49. The summed E-state index contributed by atoms with van der Waals surface area (Å²) in [5, 5.41) is 12.4. The van der Waals surface area contributed by atoms with E-state index in [9.17, 15) is 9.90 Å². The van der Waals surface area contributed by atoms with Crippen LogP contribution in [0.5, 0.6) is 0 Å². The number of rotatable bonds is 4. The Morgan fingerprint density at radius 1 is 1.39 bits per heavy atom. The van der Waals surface area contributed by atoms with Crippen LogP contribution in [-0.4, -0.2) is 41.8 Å². The van der Waals surface area contributed by atoms with E-state index in [2.05, 4.69) is 12.2 Å². The van der Waals surface area contributed by atoms with E-state index in [0.29, 0.717) is 12.5 Å². The maximum absolute atomic E-state index is 12.0. The molecule has 18 heavy (non-hydrogen) atoms. The number of amides is 2. The summed E-state index contributed by atoms with van der Waals surface area (Å²) >= 11 is 0. The molecule has 2 fully saturated rings. The summed E-state index contributed by atoms with van der Waals surface area (Å²) in [5.74, 6) is 2.40. The summed E-state index contributed by atoms with van der Waals surface area (Å²) in [6, 6.07) is 0.190. The van der Waals surface area contributed by atoms with Gasteiger partial charge in [-0.15, -0.1) is 0 Å². The molecule has 0 aromatic heterocycles. The molecule has 0 heterocycles. The highest BCUT2D eigenvalue weighted by molar-refractivity contribution is 5.74. The Morgan fingerprint density at radius 2 is 2.11 bits per heavy atom. The number of carbonyl (C=O) groups excluding carboxylic acids is 1. The summed E-state index contributed by atoms with van der Waals surface area (Å²) in [5.41, 5.74) is 0. The first kappa shape index (κ1) is 13.7. The minimum absolute atomic E-state index is 0.0637. The Balaban J connectivity index is 1.80. The monoisotopic (exact) mass is 254 g/mol. The van der Waals surface area contributed by atoms with Gasteiger partial charge in [-0.2, -0.15) is 0 Å². The van der Waals surface area contributed by atoms with Crippen LogP contribution in [0.4, 0.5) is 4.79 Å². The fraction of sp³-hybridized carbons (Fsp3) is 0.929. The van der Waals surface area contributed by atoms with Crippen molar-refractivity contribution < 1.29 is 9.90 Å². The zero-order valence-electron chi connectivity index (χ0n) is 11.7. The highest BCUT2D eigenvalue weighted by Gasteiger charge is 2.42. The lowest BCUT2D eigenvalue weighted by atomic mass is 9.84. The number of fused-ring (bicyclic) bond motifs is 2. The van der Waals surface area contributed by atoms with E-state index in [0.717, 1.165) is 11.8 Å². The lowest BCUT2D eigenvalue weighted by Gasteiger charge is -2.30. The topological polar surface area (TPSA) is 52.6 Å². The minimum Gasteiger partial charge on any atom is -0.392 e. The van der Waals surface area contributed by atoms with E-state index in [-0.39, 0.29) is 12.1 Å². The standard InChI is InChI=1S/C14H26N2O2/c1-9(17)8-16(3)14(18)15-10(2)13-7-11-4-5-12(13)6-11/h9-13,17H,4-8H2,1-3H3,(H,15,18). The number of likely N-dealkylation sites (N-methyl/N-ethyl adjacent to an activating group) is 1. The predicted molar refractivity (Wildman–Crippen MR) is 71.2 cm³/mol. The number of aliphatic hydroxyl groups is 1. The molecule has 0 radical (unpaired) electrons. The van der Waals surface area contributed by atoms with Crippen LogP contribution in [0, 0.1) is 17.8 Å². The summed E-state index contributed by atoms with van der Waals surface area (Å²) in [6.07, 6.45) is 4.92. The maximum atomic E-state index is 12.0. The van der Waals surface area contributed by atoms with Gasteiger partial charge in [0.05, 0.1) is 6.10 Å². The number of carbonyl (C=O) groups is 1. The SMILES string of the molecule is CC(O)CN(C)C(=O)NC(C)C1CC2CCC1C2. The third kappa shape index (κ3) is 2.97. The largest absolute Gasteiger partial charge is 0.392 e. The third-order valence-corrected chi connectivity index (χ3v) is 4.67. The molecular formula is C14H26N2O2. The summed E-state index contributed by atoms with van der Waals surface area (Å²) in [6.45, 7) is 4.21. The van der Waals surface area contributed by atoms with Crippen LogP contribution in [-0.2, 0) is 0 Å². The van der Waals surface area contributed by atoms with Crippen LogP contribution >= 0.6 is 0 Å². The van der Waals surface area contributed by atoms with Crippen molar-refractivity contribution in [3.8, 4) is 0 Å². The zero-order chi connectivity index (χ0) is 13.3. The van der Waals surface area contributed by atoms with Crippen molar-refractivity contribution >= 4 is 6.03 Å². The molecule has 2 amide bonds. The van der Waals surface area contributed by atoms with Crippen LogP contribution in [0.2, 0.25) is 0 Å². The van der Waals surface area contributed by atoms with Crippen LogP contribution in [0.1, 0.15) is 39.5 Å². The van der Waals surface area contributed by atoms with Gasteiger partial charge in [-0.05, 0) is 50.9 Å². The number of nitrogens with zero attached hydrogens (tertiary/aromatic N) is 1. The second-order valence-corrected chi connectivity index (χ2v) is 6.31. The predicted octanol–water partition coefficient (Wildman–Crippen LogP) is 1.83. The normalized spacial score (nSPS) is 33.2. The van der Waals surface area contributed by atoms with Gasteiger partial charge in [0.2, 0.25) is 0 Å². The molecule has 0 aliphatic heterocycles. The molecule has 5 atom stereocenters. The van der Waals surface area contributed by atoms with E-state index in [1.54, 1.807) is 18.9 Å². The first-order valence-corrected chi connectivity index (χ1v) is 7.17. The fourth-order valence-corrected chi connectivity index (χ4v) is 3.80.